The predicted octanol–water partition coefficient (Wildman–Crippen LogP) is 28.3. The number of hydrogen-bond donors (Lipinski definition) is 0. The minimum Gasteiger partial charge on any atom is -0.247 e. The molecule has 0 N–H and O–H groups in total. The minimum atomic E-state index is -3.93. The number of halogens is 21. The highest BCUT2D eigenvalue weighted by atomic mass is 19.4. The van der Waals surface area contributed by atoms with E-state index < -0.39 is 91.1 Å². The summed E-state index contributed by atoms with van der Waals surface area (Å²) in [6.07, 6.45) is 11.9. The third-order valence-corrected chi connectivity index (χ3v) is 21.6. The zero-order chi connectivity index (χ0) is 71.9. The van der Waals surface area contributed by atoms with Crippen LogP contribution in [0.25, 0.3) is 0 Å². The van der Waals surface area contributed by atoms with Crippen molar-refractivity contribution in [3.63, 3.8) is 0 Å². The summed E-state index contributed by atoms with van der Waals surface area (Å²) < 4.78 is 252. The topological polar surface area (TPSA) is 0 Å². The molecule has 21 heteroatoms. The maximum Gasteiger partial charge on any atom is 0.392 e. The summed E-state index contributed by atoms with van der Waals surface area (Å²) in [6, 6.07) is 0. The van der Waals surface area contributed by atoms with Gasteiger partial charge >= 0.3 is 24.2 Å². The lowest BCUT2D eigenvalue weighted by Crippen LogP contribution is -2.38. The normalized spacial score (nSPS) is 35.6. The Hall–Kier alpha value is -1.47. The molecule has 12 fully saturated rings. The van der Waals surface area contributed by atoms with Crippen molar-refractivity contribution >= 4 is 0 Å². The van der Waals surface area contributed by atoms with Crippen LogP contribution in [-0.2, 0) is 0 Å². The summed E-state index contributed by atoms with van der Waals surface area (Å²) >= 11 is 0. The van der Waals surface area contributed by atoms with Crippen molar-refractivity contribution in [3.05, 3.63) is 0 Å². The molecule has 93 heavy (non-hydrogen) atoms. The van der Waals surface area contributed by atoms with Gasteiger partial charge in [0.05, 0.1) is 11.8 Å². The van der Waals surface area contributed by atoms with Crippen LogP contribution in [0.5, 0.6) is 0 Å². The largest absolute Gasteiger partial charge is 0.392 e. The fourth-order valence-corrected chi connectivity index (χ4v) is 13.1. The van der Waals surface area contributed by atoms with Gasteiger partial charge in [-0.1, -0.05) is 122 Å². The lowest BCUT2D eigenvalue weighted by atomic mass is 9.72. The molecule has 0 aromatic rings. The molecular weight excluding hydrogens is 1260 g/mol. The van der Waals surface area contributed by atoms with Gasteiger partial charge in [-0.05, 0) is 207 Å². The summed E-state index contributed by atoms with van der Waals surface area (Å²) in [6.45, 7) is 27.2. The molecule has 11 unspecified atom stereocenters. The smallest absolute Gasteiger partial charge is 0.247 e. The molecule has 0 saturated heterocycles. The van der Waals surface area contributed by atoms with E-state index in [0.29, 0.717) is 56.3 Å². The van der Waals surface area contributed by atoms with Crippen molar-refractivity contribution in [2.45, 2.75) is 369 Å². The molecular formula is C72H123F21. The highest BCUT2D eigenvalue weighted by molar-refractivity contribution is 4.96. The standard InChI is InChI=1S/C6H8F4.2C6H9F3.4C6H10F2.3C6H11F.2C6H12/c1-4-2-3-5(7,8)6(4,9)10;1-4-2-5(3-4)6(7,8)9;1-4-2-3-5(4)6(7,8)9;1-4-2-5(3-4)6(7)8;1-5-2-3-6(7,8)4-5;1-5-3-2-4-6(5,7)8;1-4-2-3-5(4)6(7)8;1-5-2-3-6(7)4-5;1-6(7)4-2-3-5-6;1-5-3-2-4-6(5)7;2*1-6(2)4-3-5-6/h4H,2-3H2,1H3;2*4-5H,2-3H2,1H3;4-6H,2-3H2,1H3;2*5H,2-4H2,1H3;4-6H,2-3H2,1H3;5-6H,2-4H2,1H3;2-5H2,1H3;5-6H,2-4H2,1H3;2*3-5H2,1-2H3. The molecule has 0 radical (unpaired) electrons. The minimum absolute atomic E-state index is 0.0833. The van der Waals surface area contributed by atoms with E-state index in [1.54, 1.807) is 20.8 Å². The average molecular weight is 1390 g/mol. The van der Waals surface area contributed by atoms with Gasteiger partial charge in [0.1, 0.15) is 18.0 Å². The second-order valence-corrected chi connectivity index (χ2v) is 32.4. The predicted molar refractivity (Wildman–Crippen MR) is 335 cm³/mol. The van der Waals surface area contributed by atoms with Crippen LogP contribution in [0.3, 0.4) is 0 Å². The third-order valence-electron chi connectivity index (χ3n) is 21.6. The summed E-state index contributed by atoms with van der Waals surface area (Å²) in [5.41, 5.74) is 0.639. The van der Waals surface area contributed by atoms with E-state index in [4.69, 9.17) is 0 Å². The number of rotatable bonds is 2. The maximum atomic E-state index is 12.6. The summed E-state index contributed by atoms with van der Waals surface area (Å²) in [7, 11) is 0. The molecule has 558 valence electrons. The van der Waals surface area contributed by atoms with Crippen LogP contribution < -0.4 is 0 Å². The van der Waals surface area contributed by atoms with Crippen LogP contribution in [0.15, 0.2) is 0 Å². The third kappa shape index (κ3) is 35.4. The Kier molecular flexibility index (Phi) is 38.0. The second-order valence-electron chi connectivity index (χ2n) is 32.4. The fourth-order valence-electron chi connectivity index (χ4n) is 13.1. The summed E-state index contributed by atoms with van der Waals surface area (Å²) in [5, 5.41) is 0. The molecule has 0 aromatic heterocycles. The Morgan fingerprint density at radius 3 is 0.957 bits per heavy atom. The molecule has 0 aliphatic heterocycles. The quantitative estimate of drug-likeness (QED) is 0.242. The molecule has 12 rings (SSSR count). The fraction of sp³-hybridized carbons (Fsp3) is 1.00. The van der Waals surface area contributed by atoms with E-state index in [-0.39, 0.29) is 67.1 Å². The van der Waals surface area contributed by atoms with Crippen LogP contribution in [0.1, 0.15) is 302 Å². The summed E-state index contributed by atoms with van der Waals surface area (Å²) in [5.74, 6) is -14.1. The Labute approximate surface area is 547 Å². The van der Waals surface area contributed by atoms with Gasteiger partial charge in [0.25, 0.3) is 5.92 Å². The van der Waals surface area contributed by atoms with E-state index >= 15 is 0 Å². The van der Waals surface area contributed by atoms with E-state index in [1.807, 2.05) is 34.6 Å². The van der Waals surface area contributed by atoms with Crippen molar-refractivity contribution in [2.24, 2.45) is 87.8 Å². The van der Waals surface area contributed by atoms with Crippen molar-refractivity contribution < 1.29 is 92.2 Å². The van der Waals surface area contributed by atoms with Gasteiger partial charge in [-0.25, -0.2) is 48.3 Å². The number of alkyl halides is 21. The van der Waals surface area contributed by atoms with E-state index in [2.05, 4.69) is 34.6 Å². The molecule has 0 heterocycles. The molecule has 12 saturated carbocycles. The van der Waals surface area contributed by atoms with Crippen LogP contribution in [-0.4, -0.2) is 66.9 Å². The van der Waals surface area contributed by atoms with Crippen molar-refractivity contribution in [3.8, 4) is 0 Å². The molecule has 0 aromatic carbocycles. The highest BCUT2D eigenvalue weighted by Gasteiger charge is 2.63. The average Bonchev–Trinajstić information content (AvgIpc) is 1.66. The van der Waals surface area contributed by atoms with Gasteiger partial charge in [0.2, 0.25) is 18.8 Å². The van der Waals surface area contributed by atoms with E-state index in [0.717, 1.165) is 114 Å². The Morgan fingerprint density at radius 1 is 0.376 bits per heavy atom. The summed E-state index contributed by atoms with van der Waals surface area (Å²) in [4.78, 5) is 0. The van der Waals surface area contributed by atoms with Gasteiger partial charge in [0.15, 0.2) is 0 Å². The van der Waals surface area contributed by atoms with Crippen molar-refractivity contribution in [2.75, 3.05) is 0 Å². The molecule has 0 bridgehead atoms. The SMILES string of the molecule is CC1(C)CCC1.CC1(C)CCC1.CC1(F)CCCC1.CC1CC(C(F)(F)F)C1.CC1CC(C(F)F)C1.CC1CCC(F)(F)C1.CC1CCC(F)(F)C1(F)F.CC1CCC(F)C1.CC1CCC1C(F)(F)F.CC1CCC1C(F)F.CC1CCCC1(F)F.CC1CCCC1F. The van der Waals surface area contributed by atoms with Crippen LogP contribution in [0.4, 0.5) is 92.2 Å². The lowest BCUT2D eigenvalue weighted by Gasteiger charge is -2.35. The first-order chi connectivity index (χ1) is 42.2. The van der Waals surface area contributed by atoms with E-state index in [1.165, 1.54) is 38.5 Å². The first kappa shape index (κ1) is 89.5. The molecule has 12 aliphatic carbocycles. The maximum absolute atomic E-state index is 12.6. The monoisotopic (exact) mass is 1390 g/mol. The van der Waals surface area contributed by atoms with Crippen LogP contribution >= 0.6 is 0 Å². The zero-order valence-corrected chi connectivity index (χ0v) is 58.9. The van der Waals surface area contributed by atoms with Gasteiger partial charge < -0.3 is 0 Å². The highest BCUT2D eigenvalue weighted by Crippen LogP contribution is 2.51. The Balaban J connectivity index is 0.000000508. The van der Waals surface area contributed by atoms with Crippen LogP contribution in [0, 0.1) is 87.8 Å². The van der Waals surface area contributed by atoms with Gasteiger partial charge in [-0.15, -0.1) is 0 Å². The first-order valence-corrected chi connectivity index (χ1v) is 35.4. The Morgan fingerprint density at radius 2 is 0.871 bits per heavy atom. The molecule has 0 amide bonds. The first-order valence-electron chi connectivity index (χ1n) is 35.4. The lowest BCUT2D eigenvalue weighted by molar-refractivity contribution is -0.210. The molecule has 12 aliphatic rings. The van der Waals surface area contributed by atoms with Crippen molar-refractivity contribution in [1.29, 1.82) is 0 Å². The van der Waals surface area contributed by atoms with Crippen molar-refractivity contribution in [1.82, 2.24) is 0 Å². The van der Waals surface area contributed by atoms with Gasteiger partial charge in [-0.2, -0.15) is 43.9 Å². The van der Waals surface area contributed by atoms with Gasteiger partial charge in [0, 0.05) is 49.4 Å². The zero-order valence-electron chi connectivity index (χ0n) is 58.9. The Bertz CT molecular complexity index is 1890. The molecule has 11 atom stereocenters. The molecule has 0 spiro atoms. The van der Waals surface area contributed by atoms with Crippen LogP contribution in [0.2, 0.25) is 0 Å². The van der Waals surface area contributed by atoms with Gasteiger partial charge in [-0.3, -0.25) is 0 Å². The number of hydrogen-bond acceptors (Lipinski definition) is 0. The van der Waals surface area contributed by atoms with E-state index in [9.17, 15) is 92.2 Å². The second kappa shape index (κ2) is 39.5. The molecule has 0 nitrogen and oxygen atoms in total.